The summed E-state index contributed by atoms with van der Waals surface area (Å²) in [5.41, 5.74) is 11.9. The van der Waals surface area contributed by atoms with Crippen LogP contribution in [0.3, 0.4) is 0 Å². The first kappa shape index (κ1) is 58.0. The number of fused-ring (bicyclic) bond motifs is 3. The molecular weight excluding hydrogens is 895 g/mol. The number of nitro groups is 1. The summed E-state index contributed by atoms with van der Waals surface area (Å²) in [6, 6.07) is 27.5. The molecule has 0 atom stereocenters. The van der Waals surface area contributed by atoms with Crippen LogP contribution in [-0.2, 0) is 54.8 Å². The van der Waals surface area contributed by atoms with Crippen LogP contribution in [-0.4, -0.2) is 62.2 Å². The number of hydrogen-bond acceptors (Lipinski definition) is 12. The summed E-state index contributed by atoms with van der Waals surface area (Å²) < 4.78 is 6.58. The molecule has 0 spiro atoms. The summed E-state index contributed by atoms with van der Waals surface area (Å²) in [7, 11) is 0. The van der Waals surface area contributed by atoms with Gasteiger partial charge in [-0.3, -0.25) is 25.1 Å². The van der Waals surface area contributed by atoms with Crippen LogP contribution in [0.5, 0.6) is 0 Å². The Bertz CT molecular complexity index is 2980. The largest absolute Gasteiger partial charge is 0.373 e. The molecule has 4 heterocycles. The fourth-order valence-electron chi connectivity index (χ4n) is 7.04. The number of H-pyrrole nitrogens is 2. The van der Waals surface area contributed by atoms with Gasteiger partial charge in [-0.05, 0) is 98.4 Å². The molecule has 70 heavy (non-hydrogen) atoms. The number of nitrogens with one attached hydrogen (secondary N) is 2. The van der Waals surface area contributed by atoms with E-state index in [-0.39, 0.29) is 34.6 Å². The number of benzene rings is 4. The van der Waals surface area contributed by atoms with Gasteiger partial charge in [-0.25, -0.2) is 15.0 Å². The third-order valence-corrected chi connectivity index (χ3v) is 9.94. The lowest BCUT2D eigenvalue weighted by Crippen LogP contribution is -2.02. The van der Waals surface area contributed by atoms with E-state index in [2.05, 4.69) is 138 Å². The van der Waals surface area contributed by atoms with Crippen LogP contribution in [0.15, 0.2) is 109 Å². The normalized spacial score (nSPS) is 10.1. The minimum Gasteiger partial charge on any atom is -0.330 e. The molecule has 0 bridgehead atoms. The highest BCUT2D eigenvalue weighted by atomic mass is 16.6. The van der Waals surface area contributed by atoms with Crippen LogP contribution >= 0.6 is 0 Å². The summed E-state index contributed by atoms with van der Waals surface area (Å²) in [6.07, 6.45) is 8.25. The van der Waals surface area contributed by atoms with E-state index in [1.165, 1.54) is 16.6 Å². The Labute approximate surface area is 406 Å². The van der Waals surface area contributed by atoms with Gasteiger partial charge in [0.05, 0.1) is 62.7 Å². The molecule has 0 radical (unpaired) electrons. The van der Waals surface area contributed by atoms with Crippen molar-refractivity contribution in [1.29, 1.82) is 0 Å². The molecular formula is C52H63N9O9. The Kier molecular flexibility index (Phi) is 25.1. The molecule has 0 fully saturated rings. The molecule has 0 aliphatic rings. The first-order valence-electron chi connectivity index (χ1n) is 22.6. The van der Waals surface area contributed by atoms with Gasteiger partial charge in [0.25, 0.3) is 11.2 Å². The predicted octanol–water partition coefficient (Wildman–Crippen LogP) is 9.81. The molecule has 18 heteroatoms. The van der Waals surface area contributed by atoms with Gasteiger partial charge in [0.15, 0.2) is 0 Å². The summed E-state index contributed by atoms with van der Waals surface area (Å²) in [5, 5.41) is 16.2. The van der Waals surface area contributed by atoms with E-state index in [4.69, 9.17) is 28.8 Å². The number of para-hydroxylation sites is 2. The number of nitro benzene ring substituents is 1. The maximum absolute atomic E-state index is 11.2. The zero-order chi connectivity index (χ0) is 52.3. The number of carbonyl (C=O) groups excluding carboxylic acids is 6. The maximum Gasteiger partial charge on any atom is 0.373 e. The molecule has 0 unspecified atom stereocenters. The quantitative estimate of drug-likeness (QED) is 0.0908. The van der Waals surface area contributed by atoms with Crippen LogP contribution in [0.4, 0.5) is 5.69 Å². The Morgan fingerprint density at radius 2 is 1.00 bits per heavy atom. The van der Waals surface area contributed by atoms with Crippen molar-refractivity contribution < 1.29 is 33.7 Å². The summed E-state index contributed by atoms with van der Waals surface area (Å²) in [4.78, 5) is 83.5. The van der Waals surface area contributed by atoms with E-state index >= 15 is 0 Å². The maximum atomic E-state index is 11.2. The number of aryl methyl sites for hydroxylation is 3. The van der Waals surface area contributed by atoms with Crippen LogP contribution < -0.4 is 5.56 Å². The first-order chi connectivity index (χ1) is 33.3. The highest BCUT2D eigenvalue weighted by Crippen LogP contribution is 2.24. The smallest absolute Gasteiger partial charge is 0.330 e. The number of imidazole rings is 3. The highest BCUT2D eigenvalue weighted by Gasteiger charge is 2.13. The van der Waals surface area contributed by atoms with E-state index in [1.54, 1.807) is 18.2 Å². The minimum atomic E-state index is -0.297. The molecule has 0 saturated carbocycles. The van der Waals surface area contributed by atoms with Crippen LogP contribution in [0.25, 0.3) is 44.4 Å². The zero-order valence-electron chi connectivity index (χ0n) is 41.5. The number of nitrogens with zero attached hydrogens (tertiary/aromatic N) is 7. The molecule has 0 saturated heterocycles. The lowest BCUT2D eigenvalue weighted by molar-refractivity contribution is -0.385. The van der Waals surface area contributed by atoms with E-state index in [1.807, 2.05) is 56.2 Å². The van der Waals surface area contributed by atoms with Crippen molar-refractivity contribution in [2.45, 2.75) is 102 Å². The molecule has 4 aromatic carbocycles. The molecule has 8 rings (SSSR count). The van der Waals surface area contributed by atoms with Gasteiger partial charge in [0.1, 0.15) is 0 Å². The predicted molar refractivity (Wildman–Crippen MR) is 265 cm³/mol. The Balaban J connectivity index is 0.000000305. The average Bonchev–Trinajstić information content (AvgIpc) is 4.11. The van der Waals surface area contributed by atoms with Crippen molar-refractivity contribution in [2.75, 3.05) is 0 Å². The molecule has 370 valence electrons. The summed E-state index contributed by atoms with van der Waals surface area (Å²) in [6.45, 7) is 24.6. The first-order valence-corrected chi connectivity index (χ1v) is 22.6. The van der Waals surface area contributed by atoms with E-state index < -0.39 is 0 Å². The van der Waals surface area contributed by atoms with Gasteiger partial charge in [-0.2, -0.15) is 28.8 Å². The van der Waals surface area contributed by atoms with Gasteiger partial charge in [-0.1, -0.05) is 91.3 Å². The van der Waals surface area contributed by atoms with E-state index in [0.717, 1.165) is 76.9 Å². The van der Waals surface area contributed by atoms with Crippen molar-refractivity contribution in [3.05, 3.63) is 141 Å². The second-order valence-corrected chi connectivity index (χ2v) is 17.8. The van der Waals surface area contributed by atoms with Crippen LogP contribution in [0.1, 0.15) is 78.5 Å². The van der Waals surface area contributed by atoms with Gasteiger partial charge in [-0.15, -0.1) is 0 Å². The van der Waals surface area contributed by atoms with Crippen LogP contribution in [0, 0.1) is 47.6 Å². The Morgan fingerprint density at radius 1 is 0.557 bits per heavy atom. The summed E-state index contributed by atoms with van der Waals surface area (Å²) >= 11 is 0. The Morgan fingerprint density at radius 3 is 1.47 bits per heavy atom. The minimum absolute atomic E-state index is 0.120. The van der Waals surface area contributed by atoms with Crippen molar-refractivity contribution in [3.8, 4) is 11.3 Å². The molecule has 0 amide bonds. The second-order valence-electron chi connectivity index (χ2n) is 17.8. The van der Waals surface area contributed by atoms with Gasteiger partial charge < -0.3 is 13.7 Å². The third-order valence-electron chi connectivity index (χ3n) is 9.94. The van der Waals surface area contributed by atoms with Crippen molar-refractivity contribution in [1.82, 2.24) is 38.9 Å². The fourth-order valence-corrected chi connectivity index (χ4v) is 7.04. The third kappa shape index (κ3) is 19.6. The lowest BCUT2D eigenvalue weighted by Gasteiger charge is -2.07. The second kappa shape index (κ2) is 30.3. The van der Waals surface area contributed by atoms with Gasteiger partial charge in [0, 0.05) is 42.9 Å². The fraction of sp³-hybridized carbons (Fsp3) is 0.365. The monoisotopic (exact) mass is 957 g/mol. The molecule has 0 aliphatic carbocycles. The number of aromatic amines is 2. The average molecular weight is 958 g/mol. The SMILES string of the molecule is CC(C)Cn1cnc2ccc(-c3cc(=O)[nH][nH]3)cc21.CC(C)Cn1cnc2ccccc21.Cc1ccc([N+](=O)[O-])c(CCC(C)C)c1.Cc1ccc2ncn(CC(C)C)c2c1.O=C=O.O=C=O.O=C=O. The number of hydrogen-bond donors (Lipinski definition) is 2. The lowest BCUT2D eigenvalue weighted by atomic mass is 10.00. The van der Waals surface area contributed by atoms with E-state index in [0.29, 0.717) is 23.7 Å². The standard InChI is InChI=1S/C14H16N4O.C12H16N2.C12H17NO2.C11H14N2.3CO2/c1-9(2)7-18-8-15-11-4-3-10(5-13(11)18)12-6-14(19)17-16-12;1-9(2)7-14-8-13-11-5-4-10(3)6-12(11)14;1-9(2)4-6-11-8-10(3)5-7-12(11)13(14)15;1-9(2)7-13-8-12-10-5-3-4-6-11(10)13;3*2-1-3/h3-6,8-9H,7H2,1-2H3,(H2,16,17,19);4-6,8-9H,7H2,1-3H3;5,7-9H,4,6H2,1-3H3;3-6,8-9H,7H2,1-2H3;;;. The van der Waals surface area contributed by atoms with Crippen molar-refractivity contribution in [2.24, 2.45) is 23.7 Å². The van der Waals surface area contributed by atoms with Gasteiger partial charge >= 0.3 is 18.5 Å². The number of aromatic nitrogens is 8. The molecule has 2 N–H and O–H groups in total. The van der Waals surface area contributed by atoms with Crippen LogP contribution in [0.2, 0.25) is 0 Å². The molecule has 0 aliphatic heterocycles. The molecule has 18 nitrogen and oxygen atoms in total. The highest BCUT2D eigenvalue weighted by molar-refractivity contribution is 5.81. The van der Waals surface area contributed by atoms with Crippen molar-refractivity contribution in [3.63, 3.8) is 0 Å². The summed E-state index contributed by atoms with van der Waals surface area (Å²) in [5.74, 6) is 2.46. The Hall–Kier alpha value is -8.16. The topological polar surface area (TPSA) is 248 Å². The van der Waals surface area contributed by atoms with Gasteiger partial charge in [0.2, 0.25) is 0 Å². The van der Waals surface area contributed by atoms with E-state index in [9.17, 15) is 14.9 Å². The number of rotatable bonds is 11. The van der Waals surface area contributed by atoms with Crippen molar-refractivity contribution >= 4 is 57.2 Å². The molecule has 4 aromatic heterocycles. The zero-order valence-corrected chi connectivity index (χ0v) is 41.5. The molecule has 8 aromatic rings.